The van der Waals surface area contributed by atoms with E-state index in [0.29, 0.717) is 0 Å². The Hall–Kier alpha value is -0.630. The van der Waals surface area contributed by atoms with Gasteiger partial charge in [0.05, 0.1) is 0 Å². The van der Waals surface area contributed by atoms with Gasteiger partial charge in [0.15, 0.2) is 19.7 Å². The molecule has 8 heteroatoms. The molecule has 0 saturated carbocycles. The van der Waals surface area contributed by atoms with Gasteiger partial charge < -0.3 is 0 Å². The molecule has 0 aliphatic rings. The van der Waals surface area contributed by atoms with Crippen molar-refractivity contribution in [1.82, 2.24) is 5.73 Å². The van der Waals surface area contributed by atoms with Crippen molar-refractivity contribution in [2.45, 2.75) is 18.4 Å². The monoisotopic (exact) mass is 242 g/mol. The second kappa shape index (κ2) is 4.26. The molecule has 0 aromatic rings. The molecule has 0 saturated heterocycles. The summed E-state index contributed by atoms with van der Waals surface area (Å²) >= 11 is 0. The number of amides is 1. The van der Waals surface area contributed by atoms with Crippen LogP contribution in [0.4, 0.5) is 0 Å². The molecule has 0 bridgehead atoms. The van der Waals surface area contributed by atoms with Crippen LogP contribution in [0.2, 0.25) is 0 Å². The van der Waals surface area contributed by atoms with Gasteiger partial charge in [0.2, 0.25) is 4.58 Å². The van der Waals surface area contributed by atoms with Crippen LogP contribution >= 0.6 is 0 Å². The van der Waals surface area contributed by atoms with E-state index in [1.807, 2.05) is 0 Å². The topological polar surface area (TPSA) is 109 Å². The van der Waals surface area contributed by atoms with Crippen molar-refractivity contribution in [3.63, 3.8) is 0 Å². The molecule has 0 aromatic carbocycles. The average molecular weight is 242 g/mol. The number of carbonyl (C=O) groups excluding carboxylic acids is 1. The van der Waals surface area contributed by atoms with Crippen LogP contribution in [0.1, 0.15) is 13.8 Å². The van der Waals surface area contributed by atoms with Crippen molar-refractivity contribution in [2.24, 2.45) is 0 Å². The van der Waals surface area contributed by atoms with Gasteiger partial charge in [-0.1, -0.05) is 13.8 Å². The predicted octanol–water partition coefficient (Wildman–Crippen LogP) is -1.01. The van der Waals surface area contributed by atoms with Crippen molar-refractivity contribution in [3.05, 3.63) is 0 Å². The molecule has 0 heterocycles. The minimum atomic E-state index is -4.05. The van der Waals surface area contributed by atoms with Gasteiger partial charge in [-0.3, -0.25) is 10.5 Å². The van der Waals surface area contributed by atoms with E-state index >= 15 is 0 Å². The molecule has 6 nitrogen and oxygen atoms in total. The molecule has 14 heavy (non-hydrogen) atoms. The molecule has 0 aliphatic heterocycles. The standard InChI is InChI=1S/C6H12NO5S2/c1-3-13(9,10)6(5(7)8)14(11,12)4-2/h6-7H,3-4H2,1-2H3. The molecule has 1 radical (unpaired) electrons. The van der Waals surface area contributed by atoms with Crippen molar-refractivity contribution in [1.29, 1.82) is 0 Å². The Bertz CT molecular complexity index is 374. The van der Waals surface area contributed by atoms with Crippen molar-refractivity contribution in [2.75, 3.05) is 11.5 Å². The average Bonchev–Trinajstić information content (AvgIpc) is 2.02. The fourth-order valence-electron chi connectivity index (χ4n) is 0.852. The van der Waals surface area contributed by atoms with Gasteiger partial charge in [-0.25, -0.2) is 16.8 Å². The first kappa shape index (κ1) is 13.4. The van der Waals surface area contributed by atoms with E-state index in [-0.39, 0.29) is 0 Å². The van der Waals surface area contributed by atoms with Gasteiger partial charge in [0.1, 0.15) is 0 Å². The van der Waals surface area contributed by atoms with Crippen molar-refractivity contribution < 1.29 is 21.6 Å². The molecule has 0 aromatic heterocycles. The zero-order valence-electron chi connectivity index (χ0n) is 7.85. The Balaban J connectivity index is 5.54. The van der Waals surface area contributed by atoms with Crippen LogP contribution in [0, 0.1) is 0 Å². The highest BCUT2D eigenvalue weighted by molar-refractivity contribution is 8.10. The Labute approximate surface area is 83.3 Å². The molecular weight excluding hydrogens is 230 g/mol. The van der Waals surface area contributed by atoms with Gasteiger partial charge in [0.25, 0.3) is 5.91 Å². The van der Waals surface area contributed by atoms with Crippen molar-refractivity contribution in [3.8, 4) is 0 Å². The molecule has 0 atom stereocenters. The largest absolute Gasteiger partial charge is 0.272 e. The Morgan fingerprint density at radius 2 is 1.36 bits per heavy atom. The van der Waals surface area contributed by atoms with Crippen LogP contribution in [0.5, 0.6) is 0 Å². The van der Waals surface area contributed by atoms with E-state index < -0.39 is 41.7 Å². The zero-order chi connectivity index (χ0) is 11.6. The highest BCUT2D eigenvalue weighted by atomic mass is 32.3. The highest BCUT2D eigenvalue weighted by Crippen LogP contribution is 2.11. The van der Waals surface area contributed by atoms with Crippen LogP contribution in [-0.4, -0.2) is 38.8 Å². The summed E-state index contributed by atoms with van der Waals surface area (Å²) < 4.78 is 42.7. The van der Waals surface area contributed by atoms with Crippen molar-refractivity contribution >= 4 is 25.6 Å². The van der Waals surface area contributed by atoms with Crippen LogP contribution in [0.15, 0.2) is 0 Å². The Morgan fingerprint density at radius 3 is 1.50 bits per heavy atom. The molecule has 0 spiro atoms. The summed E-state index contributed by atoms with van der Waals surface area (Å²) in [5, 5.41) is 0. The summed E-state index contributed by atoms with van der Waals surface area (Å²) in [6.07, 6.45) is 0. The van der Waals surface area contributed by atoms with Crippen LogP contribution in [0.3, 0.4) is 0 Å². The molecule has 83 valence electrons. The number of sulfone groups is 2. The second-order valence-corrected chi connectivity index (χ2v) is 7.65. The Kier molecular flexibility index (Phi) is 4.07. The van der Waals surface area contributed by atoms with Gasteiger partial charge in [0, 0.05) is 11.5 Å². The number of rotatable bonds is 5. The smallest absolute Gasteiger partial charge is 0.271 e. The maximum absolute atomic E-state index is 11.2. The third-order valence-electron chi connectivity index (χ3n) is 1.67. The molecule has 0 aliphatic carbocycles. The lowest BCUT2D eigenvalue weighted by atomic mass is 10.7. The second-order valence-electron chi connectivity index (χ2n) is 2.60. The van der Waals surface area contributed by atoms with Gasteiger partial charge in [-0.15, -0.1) is 0 Å². The third-order valence-corrected chi connectivity index (χ3v) is 6.77. The summed E-state index contributed by atoms with van der Waals surface area (Å²) in [7, 11) is -8.11. The highest BCUT2D eigenvalue weighted by Gasteiger charge is 2.40. The lowest BCUT2D eigenvalue weighted by molar-refractivity contribution is -0.116. The number of carbonyl (C=O) groups is 1. The minimum absolute atomic E-state index is 0.471. The summed E-state index contributed by atoms with van der Waals surface area (Å²) in [6, 6.07) is 0. The number of hydrogen-bond donors (Lipinski definition) is 0. The predicted molar refractivity (Wildman–Crippen MR) is 50.8 cm³/mol. The quantitative estimate of drug-likeness (QED) is 0.613. The van der Waals surface area contributed by atoms with E-state index in [9.17, 15) is 21.6 Å². The summed E-state index contributed by atoms with van der Waals surface area (Å²) in [5.41, 5.74) is 6.66. The normalized spacial score (nSPS) is 13.1. The SMILES string of the molecule is CCS(=O)(=O)C(C([NH])=O)S(=O)(=O)CC. The Morgan fingerprint density at radius 1 is 1.07 bits per heavy atom. The van der Waals surface area contributed by atoms with Crippen LogP contribution < -0.4 is 5.73 Å². The first-order chi connectivity index (χ1) is 6.19. The first-order valence-corrected chi connectivity index (χ1v) is 7.30. The minimum Gasteiger partial charge on any atom is -0.271 e. The fourth-order valence-corrected chi connectivity index (χ4v) is 4.71. The summed E-state index contributed by atoms with van der Waals surface area (Å²) in [6.45, 7) is 2.47. The first-order valence-electron chi connectivity index (χ1n) is 3.87. The van der Waals surface area contributed by atoms with E-state index in [4.69, 9.17) is 5.73 Å². The molecule has 0 rings (SSSR count). The third kappa shape index (κ3) is 2.68. The number of hydrogen-bond acceptors (Lipinski definition) is 5. The van der Waals surface area contributed by atoms with E-state index in [1.54, 1.807) is 0 Å². The maximum atomic E-state index is 11.2. The molecule has 1 N–H and O–H groups in total. The van der Waals surface area contributed by atoms with E-state index in [0.717, 1.165) is 0 Å². The summed E-state index contributed by atoms with van der Waals surface area (Å²) in [5.74, 6) is -2.53. The maximum Gasteiger partial charge on any atom is 0.272 e. The summed E-state index contributed by atoms with van der Waals surface area (Å²) in [4.78, 5) is 10.7. The fraction of sp³-hybridized carbons (Fsp3) is 0.833. The molecule has 1 amide bonds. The van der Waals surface area contributed by atoms with E-state index in [2.05, 4.69) is 0 Å². The lowest BCUT2D eigenvalue weighted by Gasteiger charge is -2.11. The van der Waals surface area contributed by atoms with E-state index in [1.165, 1.54) is 13.8 Å². The molecular formula is C6H12NO5S2. The van der Waals surface area contributed by atoms with Crippen LogP contribution in [0.25, 0.3) is 0 Å². The molecule has 0 unspecified atom stereocenters. The van der Waals surface area contributed by atoms with Gasteiger partial charge in [-0.2, -0.15) is 0 Å². The number of nitrogens with one attached hydrogen (secondary N) is 1. The lowest BCUT2D eigenvalue weighted by Crippen LogP contribution is -2.40. The van der Waals surface area contributed by atoms with Gasteiger partial charge >= 0.3 is 0 Å². The molecule has 0 fully saturated rings. The van der Waals surface area contributed by atoms with Gasteiger partial charge in [-0.05, 0) is 0 Å². The zero-order valence-corrected chi connectivity index (χ0v) is 9.48. The van der Waals surface area contributed by atoms with Crippen LogP contribution in [-0.2, 0) is 24.5 Å².